The van der Waals surface area contributed by atoms with Crippen molar-refractivity contribution >= 4 is 29.9 Å². The highest BCUT2D eigenvalue weighted by Gasteiger charge is 2.26. The second-order valence-electron chi connectivity index (χ2n) is 4.46. The van der Waals surface area contributed by atoms with Crippen molar-refractivity contribution in [2.75, 3.05) is 6.54 Å². The number of hydrogen-bond acceptors (Lipinski definition) is 3. The van der Waals surface area contributed by atoms with E-state index in [-0.39, 0.29) is 35.3 Å². The van der Waals surface area contributed by atoms with Crippen LogP contribution in [0.1, 0.15) is 36.2 Å². The van der Waals surface area contributed by atoms with Gasteiger partial charge >= 0.3 is 0 Å². The van der Waals surface area contributed by atoms with Gasteiger partial charge in [-0.2, -0.15) is 0 Å². The average Bonchev–Trinajstić information content (AvgIpc) is 2.77. The number of carbonyl (C=O) groups excluding carboxylic acids is 1. The minimum Gasteiger partial charge on any atom is -0.440 e. The van der Waals surface area contributed by atoms with Crippen LogP contribution in [0.25, 0.3) is 0 Å². The summed E-state index contributed by atoms with van der Waals surface area (Å²) in [4.78, 5) is 11.9. The molecule has 0 aromatic carbocycles. The van der Waals surface area contributed by atoms with Gasteiger partial charge in [-0.15, -0.1) is 12.4 Å². The highest BCUT2D eigenvalue weighted by atomic mass is 35.5. The molecule has 1 aromatic heterocycles. The van der Waals surface area contributed by atoms with Crippen molar-refractivity contribution in [2.45, 2.75) is 31.7 Å². The first-order valence-corrected chi connectivity index (χ1v) is 6.35. The van der Waals surface area contributed by atoms with Gasteiger partial charge in [0.15, 0.2) is 11.0 Å². The van der Waals surface area contributed by atoms with Crippen LogP contribution in [-0.2, 0) is 0 Å². The van der Waals surface area contributed by atoms with Crippen molar-refractivity contribution in [1.29, 1.82) is 0 Å². The van der Waals surface area contributed by atoms with Gasteiger partial charge in [-0.25, -0.2) is 0 Å². The van der Waals surface area contributed by atoms with E-state index in [0.29, 0.717) is 12.5 Å². The van der Waals surface area contributed by atoms with E-state index >= 15 is 0 Å². The molecule has 2 rings (SSSR count). The molecule has 0 saturated heterocycles. The number of hydrogen-bond donors (Lipinski definition) is 2. The molecule has 102 valence electrons. The number of amides is 1. The molecular weight excluding hydrogens is 275 g/mol. The lowest BCUT2D eigenvalue weighted by molar-refractivity contribution is 0.0880. The van der Waals surface area contributed by atoms with Crippen LogP contribution in [0.2, 0.25) is 5.22 Å². The molecule has 1 amide bonds. The zero-order valence-corrected chi connectivity index (χ0v) is 11.6. The molecule has 3 N–H and O–H groups in total. The van der Waals surface area contributed by atoms with Crippen molar-refractivity contribution in [2.24, 2.45) is 11.7 Å². The van der Waals surface area contributed by atoms with Gasteiger partial charge in [0.1, 0.15) is 0 Å². The van der Waals surface area contributed by atoms with Gasteiger partial charge in [0.25, 0.3) is 5.91 Å². The van der Waals surface area contributed by atoms with E-state index in [1.54, 1.807) is 12.1 Å². The SMILES string of the molecule is Cl.NCC1CCCCC1NC(=O)c1ccc(Cl)o1. The van der Waals surface area contributed by atoms with Gasteiger partial charge in [-0.1, -0.05) is 12.8 Å². The Hall–Kier alpha value is -0.710. The number of nitrogens with one attached hydrogen (secondary N) is 1. The fourth-order valence-corrected chi connectivity index (χ4v) is 2.50. The Bertz CT molecular complexity index is 395. The molecule has 1 heterocycles. The number of carbonyl (C=O) groups is 1. The summed E-state index contributed by atoms with van der Waals surface area (Å²) in [6.45, 7) is 0.615. The second-order valence-corrected chi connectivity index (χ2v) is 4.84. The van der Waals surface area contributed by atoms with Crippen molar-refractivity contribution in [3.05, 3.63) is 23.1 Å². The third-order valence-corrected chi connectivity index (χ3v) is 3.53. The van der Waals surface area contributed by atoms with Crippen LogP contribution in [-0.4, -0.2) is 18.5 Å². The quantitative estimate of drug-likeness (QED) is 0.900. The highest BCUT2D eigenvalue weighted by Crippen LogP contribution is 2.24. The van der Waals surface area contributed by atoms with E-state index in [2.05, 4.69) is 5.32 Å². The molecule has 0 aliphatic heterocycles. The van der Waals surface area contributed by atoms with Crippen LogP contribution in [0.5, 0.6) is 0 Å². The van der Waals surface area contributed by atoms with Gasteiger partial charge in [0, 0.05) is 6.04 Å². The van der Waals surface area contributed by atoms with Crippen molar-refractivity contribution < 1.29 is 9.21 Å². The first-order chi connectivity index (χ1) is 8.20. The maximum Gasteiger partial charge on any atom is 0.287 e. The van der Waals surface area contributed by atoms with Crippen molar-refractivity contribution in [3.8, 4) is 0 Å². The number of furan rings is 1. The highest BCUT2D eigenvalue weighted by molar-refractivity contribution is 6.29. The minimum atomic E-state index is -0.206. The molecule has 1 aliphatic rings. The number of nitrogens with two attached hydrogens (primary N) is 1. The molecule has 4 nitrogen and oxygen atoms in total. The van der Waals surface area contributed by atoms with Crippen LogP contribution in [0.3, 0.4) is 0 Å². The van der Waals surface area contributed by atoms with E-state index in [4.69, 9.17) is 21.8 Å². The first kappa shape index (κ1) is 15.3. The van der Waals surface area contributed by atoms with E-state index in [0.717, 1.165) is 19.3 Å². The predicted octanol–water partition coefficient (Wildman–Crippen LogP) is 2.60. The molecule has 2 atom stereocenters. The maximum atomic E-state index is 11.9. The average molecular weight is 293 g/mol. The third-order valence-electron chi connectivity index (χ3n) is 3.33. The molecule has 0 spiro atoms. The molecule has 1 fully saturated rings. The zero-order chi connectivity index (χ0) is 12.3. The normalized spacial score (nSPS) is 23.2. The Balaban J connectivity index is 0.00000162. The van der Waals surface area contributed by atoms with Crippen molar-refractivity contribution in [1.82, 2.24) is 5.32 Å². The molecule has 0 radical (unpaired) electrons. The van der Waals surface area contributed by atoms with E-state index in [1.165, 1.54) is 6.42 Å². The Kier molecular flexibility index (Phi) is 5.99. The topological polar surface area (TPSA) is 68.3 Å². The summed E-state index contributed by atoms with van der Waals surface area (Å²) in [7, 11) is 0. The summed E-state index contributed by atoms with van der Waals surface area (Å²) >= 11 is 5.64. The van der Waals surface area contributed by atoms with E-state index in [9.17, 15) is 4.79 Å². The van der Waals surface area contributed by atoms with Gasteiger partial charge in [0.05, 0.1) is 0 Å². The Morgan fingerprint density at radius 2 is 2.17 bits per heavy atom. The molecule has 1 saturated carbocycles. The lowest BCUT2D eigenvalue weighted by atomic mass is 9.84. The van der Waals surface area contributed by atoms with Crippen LogP contribution < -0.4 is 11.1 Å². The molecular formula is C12H18Cl2N2O2. The summed E-state index contributed by atoms with van der Waals surface area (Å²) in [6, 6.07) is 3.31. The predicted molar refractivity (Wildman–Crippen MR) is 73.2 cm³/mol. The van der Waals surface area contributed by atoms with Gasteiger partial charge in [-0.3, -0.25) is 4.79 Å². The summed E-state index contributed by atoms with van der Waals surface area (Å²) in [6.07, 6.45) is 4.41. The van der Waals surface area contributed by atoms with Gasteiger partial charge in [-0.05, 0) is 49.0 Å². The Labute approximate surface area is 118 Å². The molecule has 1 aromatic rings. The Morgan fingerprint density at radius 3 is 2.78 bits per heavy atom. The minimum absolute atomic E-state index is 0. The summed E-state index contributed by atoms with van der Waals surface area (Å²) in [5.74, 6) is 0.428. The largest absolute Gasteiger partial charge is 0.440 e. The Morgan fingerprint density at radius 1 is 1.44 bits per heavy atom. The molecule has 2 unspecified atom stereocenters. The summed E-state index contributed by atoms with van der Waals surface area (Å²) in [5.41, 5.74) is 5.72. The van der Waals surface area contributed by atoms with Gasteiger partial charge < -0.3 is 15.5 Å². The smallest absolute Gasteiger partial charge is 0.287 e. The number of rotatable bonds is 3. The first-order valence-electron chi connectivity index (χ1n) is 5.97. The van der Waals surface area contributed by atoms with Crippen LogP contribution in [0, 0.1) is 5.92 Å². The number of halogens is 2. The molecule has 0 bridgehead atoms. The fourth-order valence-electron chi connectivity index (χ4n) is 2.36. The zero-order valence-electron chi connectivity index (χ0n) is 10.0. The van der Waals surface area contributed by atoms with E-state index < -0.39 is 0 Å². The van der Waals surface area contributed by atoms with E-state index in [1.807, 2.05) is 0 Å². The summed E-state index contributed by atoms with van der Waals surface area (Å²) in [5, 5.41) is 3.21. The molecule has 6 heteroatoms. The third kappa shape index (κ3) is 3.64. The summed E-state index contributed by atoms with van der Waals surface area (Å²) < 4.78 is 5.08. The standard InChI is InChI=1S/C12H17ClN2O2.ClH/c13-11-6-5-10(17-11)12(16)15-9-4-2-1-3-8(9)7-14;/h5-6,8-9H,1-4,7,14H2,(H,15,16);1H. The molecule has 1 aliphatic carbocycles. The van der Waals surface area contributed by atoms with Crippen LogP contribution in [0.15, 0.2) is 16.5 Å². The van der Waals surface area contributed by atoms with Crippen LogP contribution >= 0.6 is 24.0 Å². The lowest BCUT2D eigenvalue weighted by Gasteiger charge is -2.30. The monoisotopic (exact) mass is 292 g/mol. The molecule has 18 heavy (non-hydrogen) atoms. The lowest BCUT2D eigenvalue weighted by Crippen LogP contribution is -2.44. The van der Waals surface area contributed by atoms with Crippen molar-refractivity contribution in [3.63, 3.8) is 0 Å². The van der Waals surface area contributed by atoms with Crippen LogP contribution in [0.4, 0.5) is 0 Å². The maximum absolute atomic E-state index is 11.9. The van der Waals surface area contributed by atoms with Gasteiger partial charge in [0.2, 0.25) is 0 Å². The second kappa shape index (κ2) is 7.02. The fraction of sp³-hybridized carbons (Fsp3) is 0.583.